The predicted molar refractivity (Wildman–Crippen MR) is 51.7 cm³/mol. The summed E-state index contributed by atoms with van der Waals surface area (Å²) in [5, 5.41) is 27.9. The van der Waals surface area contributed by atoms with Gasteiger partial charge < -0.3 is 15.5 Å². The number of aromatic nitrogens is 2. The average molecular weight is 209 g/mol. The summed E-state index contributed by atoms with van der Waals surface area (Å²) in [7, 11) is 0. The number of aliphatic hydroxyl groups is 1. The average Bonchev–Trinajstić information content (AvgIpc) is 2.99. The number of carbonyl (C=O) groups is 1. The molecule has 0 amide bonds. The molecule has 2 rings (SSSR count). The number of nitrogens with one attached hydrogen (secondary N) is 1. The minimum atomic E-state index is -1.10. The summed E-state index contributed by atoms with van der Waals surface area (Å²) in [6.45, 7) is 0.0510. The molecule has 0 spiro atoms. The van der Waals surface area contributed by atoms with E-state index in [0.717, 1.165) is 12.8 Å². The third kappa shape index (κ3) is 2.04. The van der Waals surface area contributed by atoms with E-state index >= 15 is 0 Å². The lowest BCUT2D eigenvalue weighted by Gasteiger charge is -2.13. The summed E-state index contributed by atoms with van der Waals surface area (Å²) in [6, 6.07) is 2.93. The molecule has 1 aliphatic rings. The fourth-order valence-corrected chi connectivity index (χ4v) is 1.26. The van der Waals surface area contributed by atoms with Crippen LogP contribution in [0.15, 0.2) is 12.1 Å². The second-order valence-electron chi connectivity index (χ2n) is 3.67. The van der Waals surface area contributed by atoms with Crippen LogP contribution in [0.2, 0.25) is 0 Å². The molecule has 1 fully saturated rings. The van der Waals surface area contributed by atoms with Crippen LogP contribution in [-0.2, 0) is 0 Å². The van der Waals surface area contributed by atoms with E-state index in [1.165, 1.54) is 6.07 Å². The number of hydrogen-bond donors (Lipinski definition) is 3. The van der Waals surface area contributed by atoms with Crippen molar-refractivity contribution in [1.82, 2.24) is 10.2 Å². The summed E-state index contributed by atoms with van der Waals surface area (Å²) in [5.74, 6) is -0.608. The lowest BCUT2D eigenvalue weighted by Crippen LogP contribution is -2.26. The Bertz CT molecular complexity index is 373. The Labute approximate surface area is 86.0 Å². The molecule has 0 atom stereocenters. The largest absolute Gasteiger partial charge is 0.476 e. The molecule has 0 radical (unpaired) electrons. The van der Waals surface area contributed by atoms with Gasteiger partial charge in [-0.25, -0.2) is 4.79 Å². The van der Waals surface area contributed by atoms with E-state index in [1.807, 2.05) is 0 Å². The number of carboxylic acids is 1. The molecule has 1 aromatic heterocycles. The Morgan fingerprint density at radius 2 is 2.20 bits per heavy atom. The van der Waals surface area contributed by atoms with Gasteiger partial charge in [-0.1, -0.05) is 0 Å². The first-order valence-corrected chi connectivity index (χ1v) is 4.61. The molecular weight excluding hydrogens is 198 g/mol. The van der Waals surface area contributed by atoms with Crippen LogP contribution in [-0.4, -0.2) is 38.5 Å². The van der Waals surface area contributed by atoms with Gasteiger partial charge in [0.25, 0.3) is 0 Å². The molecule has 1 aliphatic carbocycles. The fraction of sp³-hybridized carbons (Fsp3) is 0.444. The molecule has 1 heterocycles. The SMILES string of the molecule is O=C(O)c1ccc(NC2(CO)CC2)nn1. The quantitative estimate of drug-likeness (QED) is 0.651. The Kier molecular flexibility index (Phi) is 2.28. The minimum absolute atomic E-state index is 0.0510. The van der Waals surface area contributed by atoms with Gasteiger partial charge in [0, 0.05) is 0 Å². The van der Waals surface area contributed by atoms with E-state index in [9.17, 15) is 4.79 Å². The van der Waals surface area contributed by atoms with Crippen LogP contribution < -0.4 is 5.32 Å². The van der Waals surface area contributed by atoms with Gasteiger partial charge in [0.05, 0.1) is 12.1 Å². The van der Waals surface area contributed by atoms with Gasteiger partial charge in [-0.2, -0.15) is 0 Å². The van der Waals surface area contributed by atoms with Crippen molar-refractivity contribution in [2.75, 3.05) is 11.9 Å². The number of hydrogen-bond acceptors (Lipinski definition) is 5. The highest BCUT2D eigenvalue weighted by Crippen LogP contribution is 2.37. The summed E-state index contributed by atoms with van der Waals surface area (Å²) >= 11 is 0. The molecule has 0 unspecified atom stereocenters. The highest BCUT2D eigenvalue weighted by atomic mass is 16.4. The number of carboxylic acid groups (broad SMARTS) is 1. The zero-order valence-corrected chi connectivity index (χ0v) is 7.97. The standard InChI is InChI=1S/C9H11N3O3/c13-5-9(3-4-9)10-7-2-1-6(8(14)15)11-12-7/h1-2,13H,3-5H2,(H,10,12)(H,14,15). The van der Waals surface area contributed by atoms with Crippen LogP contribution in [0.4, 0.5) is 5.82 Å². The van der Waals surface area contributed by atoms with Gasteiger partial charge in [0.1, 0.15) is 5.82 Å². The zero-order chi connectivity index (χ0) is 10.9. The van der Waals surface area contributed by atoms with Crippen molar-refractivity contribution in [3.63, 3.8) is 0 Å². The van der Waals surface area contributed by atoms with E-state index < -0.39 is 5.97 Å². The second-order valence-corrected chi connectivity index (χ2v) is 3.67. The summed E-state index contributed by atoms with van der Waals surface area (Å²) < 4.78 is 0. The maximum Gasteiger partial charge on any atom is 0.356 e. The molecule has 0 bridgehead atoms. The van der Waals surface area contributed by atoms with Crippen LogP contribution in [0, 0.1) is 0 Å². The molecule has 0 saturated heterocycles. The maximum absolute atomic E-state index is 10.5. The first kappa shape index (κ1) is 9.85. The van der Waals surface area contributed by atoms with Crippen molar-refractivity contribution in [2.24, 2.45) is 0 Å². The molecule has 3 N–H and O–H groups in total. The highest BCUT2D eigenvalue weighted by Gasteiger charge is 2.42. The third-order valence-electron chi connectivity index (χ3n) is 2.43. The van der Waals surface area contributed by atoms with Crippen LogP contribution >= 0.6 is 0 Å². The van der Waals surface area contributed by atoms with Crippen LogP contribution in [0.5, 0.6) is 0 Å². The zero-order valence-electron chi connectivity index (χ0n) is 7.97. The van der Waals surface area contributed by atoms with Gasteiger partial charge in [0.2, 0.25) is 0 Å². The topological polar surface area (TPSA) is 95.3 Å². The van der Waals surface area contributed by atoms with Gasteiger partial charge in [-0.3, -0.25) is 0 Å². The van der Waals surface area contributed by atoms with Crippen molar-refractivity contribution in [2.45, 2.75) is 18.4 Å². The van der Waals surface area contributed by atoms with Crippen molar-refractivity contribution >= 4 is 11.8 Å². The summed E-state index contributed by atoms with van der Waals surface area (Å²) in [4.78, 5) is 10.5. The molecule has 1 saturated carbocycles. The number of aromatic carboxylic acids is 1. The van der Waals surface area contributed by atoms with Crippen molar-refractivity contribution in [3.05, 3.63) is 17.8 Å². The van der Waals surface area contributed by atoms with E-state index in [0.29, 0.717) is 5.82 Å². The lowest BCUT2D eigenvalue weighted by molar-refractivity contribution is 0.0689. The van der Waals surface area contributed by atoms with Crippen LogP contribution in [0.1, 0.15) is 23.3 Å². The molecule has 1 aromatic rings. The van der Waals surface area contributed by atoms with Crippen molar-refractivity contribution < 1.29 is 15.0 Å². The minimum Gasteiger partial charge on any atom is -0.476 e. The van der Waals surface area contributed by atoms with Crippen molar-refractivity contribution in [1.29, 1.82) is 0 Å². The van der Waals surface area contributed by atoms with Gasteiger partial charge in [-0.05, 0) is 25.0 Å². The predicted octanol–water partition coefficient (Wildman–Crippen LogP) is 0.112. The molecular formula is C9H11N3O3. The number of anilines is 1. The highest BCUT2D eigenvalue weighted by molar-refractivity contribution is 5.85. The summed E-state index contributed by atoms with van der Waals surface area (Å²) in [5.41, 5.74) is -0.353. The normalized spacial score (nSPS) is 17.1. The van der Waals surface area contributed by atoms with Crippen LogP contribution in [0.25, 0.3) is 0 Å². The maximum atomic E-state index is 10.5. The Balaban J connectivity index is 2.07. The molecule has 0 aliphatic heterocycles. The number of aliphatic hydroxyl groups excluding tert-OH is 1. The molecule has 80 valence electrons. The van der Waals surface area contributed by atoms with E-state index in [-0.39, 0.29) is 17.8 Å². The van der Waals surface area contributed by atoms with Gasteiger partial charge in [0.15, 0.2) is 5.69 Å². The Morgan fingerprint density at radius 1 is 1.47 bits per heavy atom. The third-order valence-corrected chi connectivity index (χ3v) is 2.43. The summed E-state index contributed by atoms with van der Waals surface area (Å²) in [6.07, 6.45) is 1.79. The van der Waals surface area contributed by atoms with Gasteiger partial charge in [-0.15, -0.1) is 10.2 Å². The molecule has 6 heteroatoms. The van der Waals surface area contributed by atoms with Crippen molar-refractivity contribution in [3.8, 4) is 0 Å². The molecule has 0 aromatic carbocycles. The molecule has 6 nitrogen and oxygen atoms in total. The fourth-order valence-electron chi connectivity index (χ4n) is 1.26. The number of nitrogens with zero attached hydrogens (tertiary/aromatic N) is 2. The van der Waals surface area contributed by atoms with E-state index in [2.05, 4.69) is 15.5 Å². The number of rotatable bonds is 4. The first-order chi connectivity index (χ1) is 7.15. The first-order valence-electron chi connectivity index (χ1n) is 4.61. The Hall–Kier alpha value is -1.69. The van der Waals surface area contributed by atoms with Crippen LogP contribution in [0.3, 0.4) is 0 Å². The lowest BCUT2D eigenvalue weighted by atomic mass is 10.3. The van der Waals surface area contributed by atoms with Gasteiger partial charge >= 0.3 is 5.97 Å². The molecule has 15 heavy (non-hydrogen) atoms. The second kappa shape index (κ2) is 3.47. The van der Waals surface area contributed by atoms with E-state index in [4.69, 9.17) is 10.2 Å². The Morgan fingerprint density at radius 3 is 2.60 bits per heavy atom. The monoisotopic (exact) mass is 209 g/mol. The van der Waals surface area contributed by atoms with E-state index in [1.54, 1.807) is 6.07 Å². The smallest absolute Gasteiger partial charge is 0.356 e.